The molecule has 162 valence electrons. The van der Waals surface area contributed by atoms with Crippen molar-refractivity contribution in [1.82, 2.24) is 5.32 Å². The molecule has 1 saturated heterocycles. The van der Waals surface area contributed by atoms with Crippen molar-refractivity contribution in [2.45, 2.75) is 26.3 Å². The summed E-state index contributed by atoms with van der Waals surface area (Å²) < 4.78 is 10.6. The number of nitrogens with one attached hydrogen (secondary N) is 2. The Morgan fingerprint density at radius 3 is 2.43 bits per heavy atom. The highest BCUT2D eigenvalue weighted by atomic mass is 127. The normalized spacial score (nSPS) is 13.6. The van der Waals surface area contributed by atoms with E-state index in [2.05, 4.69) is 15.6 Å². The SMILES string of the molecule is CCNC(=NCc1ccc(N2CCCC2=O)cc1)Nc1ccc(OC)c(OC)c1.I. The van der Waals surface area contributed by atoms with Gasteiger partial charge in [-0.05, 0) is 43.2 Å². The minimum atomic E-state index is 0. The molecule has 3 rings (SSSR count). The lowest BCUT2D eigenvalue weighted by Crippen LogP contribution is -2.30. The molecule has 0 atom stereocenters. The number of nitrogens with zero attached hydrogens (tertiary/aromatic N) is 2. The largest absolute Gasteiger partial charge is 0.493 e. The van der Waals surface area contributed by atoms with Gasteiger partial charge in [-0.2, -0.15) is 0 Å². The molecule has 0 aromatic heterocycles. The first kappa shape index (κ1) is 23.8. The molecule has 1 aliphatic rings. The van der Waals surface area contributed by atoms with Crippen molar-refractivity contribution in [2.75, 3.05) is 37.5 Å². The lowest BCUT2D eigenvalue weighted by molar-refractivity contribution is -0.117. The van der Waals surface area contributed by atoms with E-state index in [4.69, 9.17) is 9.47 Å². The number of methoxy groups -OCH3 is 2. The summed E-state index contributed by atoms with van der Waals surface area (Å²) in [5, 5.41) is 6.53. The van der Waals surface area contributed by atoms with Crippen molar-refractivity contribution >= 4 is 47.2 Å². The Kier molecular flexibility index (Phi) is 9.22. The summed E-state index contributed by atoms with van der Waals surface area (Å²) in [5.41, 5.74) is 2.88. The maximum atomic E-state index is 11.9. The number of rotatable bonds is 7. The highest BCUT2D eigenvalue weighted by molar-refractivity contribution is 14.0. The predicted octanol–water partition coefficient (Wildman–Crippen LogP) is 4.03. The first-order valence-corrected chi connectivity index (χ1v) is 9.81. The average Bonchev–Trinajstić information content (AvgIpc) is 3.18. The van der Waals surface area contributed by atoms with Crippen LogP contribution in [0.4, 0.5) is 11.4 Å². The van der Waals surface area contributed by atoms with E-state index in [9.17, 15) is 4.79 Å². The maximum Gasteiger partial charge on any atom is 0.227 e. The van der Waals surface area contributed by atoms with Gasteiger partial charge in [0.05, 0.1) is 20.8 Å². The number of hydrogen-bond donors (Lipinski definition) is 2. The van der Waals surface area contributed by atoms with Crippen LogP contribution in [0.5, 0.6) is 11.5 Å². The van der Waals surface area contributed by atoms with Gasteiger partial charge in [0.25, 0.3) is 0 Å². The minimum absolute atomic E-state index is 0. The molecule has 1 amide bonds. The zero-order valence-corrected chi connectivity index (χ0v) is 19.9. The first-order valence-electron chi connectivity index (χ1n) is 9.81. The third-order valence-electron chi connectivity index (χ3n) is 4.73. The van der Waals surface area contributed by atoms with E-state index in [1.807, 2.05) is 54.3 Å². The van der Waals surface area contributed by atoms with E-state index in [-0.39, 0.29) is 29.9 Å². The number of hydrogen-bond acceptors (Lipinski definition) is 4. The average molecular weight is 524 g/mol. The number of amides is 1. The summed E-state index contributed by atoms with van der Waals surface area (Å²) in [6.45, 7) is 4.09. The van der Waals surface area contributed by atoms with E-state index < -0.39 is 0 Å². The molecule has 8 heteroatoms. The second-order valence-electron chi connectivity index (χ2n) is 6.71. The van der Waals surface area contributed by atoms with Crippen molar-refractivity contribution in [3.05, 3.63) is 48.0 Å². The van der Waals surface area contributed by atoms with Crippen molar-refractivity contribution < 1.29 is 14.3 Å². The van der Waals surface area contributed by atoms with Gasteiger partial charge in [0.2, 0.25) is 5.91 Å². The summed E-state index contributed by atoms with van der Waals surface area (Å²) in [7, 11) is 3.22. The number of anilines is 2. The van der Waals surface area contributed by atoms with E-state index >= 15 is 0 Å². The Morgan fingerprint density at radius 2 is 1.83 bits per heavy atom. The van der Waals surface area contributed by atoms with Crippen LogP contribution < -0.4 is 25.0 Å². The van der Waals surface area contributed by atoms with Crippen LogP contribution in [0.1, 0.15) is 25.3 Å². The van der Waals surface area contributed by atoms with Crippen molar-refractivity contribution in [3.63, 3.8) is 0 Å². The fourth-order valence-electron chi connectivity index (χ4n) is 3.23. The van der Waals surface area contributed by atoms with Crippen LogP contribution in [0.15, 0.2) is 47.5 Å². The molecular formula is C22H29IN4O3. The monoisotopic (exact) mass is 524 g/mol. The maximum absolute atomic E-state index is 11.9. The summed E-state index contributed by atoms with van der Waals surface area (Å²) in [6, 6.07) is 13.6. The van der Waals surface area contributed by atoms with Gasteiger partial charge in [0.1, 0.15) is 0 Å². The summed E-state index contributed by atoms with van der Waals surface area (Å²) in [6.07, 6.45) is 1.57. The molecule has 0 spiro atoms. The van der Waals surface area contributed by atoms with Crippen LogP contribution in [0, 0.1) is 0 Å². The van der Waals surface area contributed by atoms with Crippen LogP contribution >= 0.6 is 24.0 Å². The van der Waals surface area contributed by atoms with Gasteiger partial charge in [0.15, 0.2) is 17.5 Å². The molecule has 2 N–H and O–H groups in total. The molecule has 0 bridgehead atoms. The second-order valence-corrected chi connectivity index (χ2v) is 6.71. The molecule has 1 aliphatic heterocycles. The third kappa shape index (κ3) is 6.01. The first-order chi connectivity index (χ1) is 14.1. The predicted molar refractivity (Wildman–Crippen MR) is 131 cm³/mol. The molecule has 2 aromatic carbocycles. The Labute approximate surface area is 194 Å². The number of aliphatic imine (C=N–C) groups is 1. The van der Waals surface area contributed by atoms with Crippen LogP contribution in [-0.2, 0) is 11.3 Å². The Balaban J connectivity index is 0.00000320. The molecule has 0 unspecified atom stereocenters. The van der Waals surface area contributed by atoms with Gasteiger partial charge in [-0.1, -0.05) is 12.1 Å². The van der Waals surface area contributed by atoms with E-state index in [1.54, 1.807) is 14.2 Å². The summed E-state index contributed by atoms with van der Waals surface area (Å²) >= 11 is 0. The Hall–Kier alpha value is -2.49. The van der Waals surface area contributed by atoms with Crippen molar-refractivity contribution in [1.29, 1.82) is 0 Å². The zero-order valence-electron chi connectivity index (χ0n) is 17.6. The molecule has 0 radical (unpaired) electrons. The lowest BCUT2D eigenvalue weighted by Gasteiger charge is -2.16. The van der Waals surface area contributed by atoms with Crippen LogP contribution in [0.3, 0.4) is 0 Å². The number of benzene rings is 2. The summed E-state index contributed by atoms with van der Waals surface area (Å²) in [5.74, 6) is 2.21. The summed E-state index contributed by atoms with van der Waals surface area (Å²) in [4.78, 5) is 18.4. The van der Waals surface area contributed by atoms with Crippen LogP contribution in [0.2, 0.25) is 0 Å². The second kappa shape index (κ2) is 11.6. The van der Waals surface area contributed by atoms with Gasteiger partial charge in [-0.25, -0.2) is 4.99 Å². The number of guanidine groups is 1. The van der Waals surface area contributed by atoms with Gasteiger partial charge in [-0.3, -0.25) is 4.79 Å². The highest BCUT2D eigenvalue weighted by Gasteiger charge is 2.21. The van der Waals surface area contributed by atoms with E-state index in [0.29, 0.717) is 30.4 Å². The minimum Gasteiger partial charge on any atom is -0.493 e. The van der Waals surface area contributed by atoms with E-state index in [0.717, 1.165) is 36.4 Å². The molecule has 2 aromatic rings. The third-order valence-corrected chi connectivity index (χ3v) is 4.73. The molecule has 30 heavy (non-hydrogen) atoms. The van der Waals surface area contributed by atoms with Gasteiger partial charge in [0, 0.05) is 37.0 Å². The topological polar surface area (TPSA) is 75.2 Å². The fourth-order valence-corrected chi connectivity index (χ4v) is 3.23. The van der Waals surface area contributed by atoms with Crippen molar-refractivity contribution in [2.24, 2.45) is 4.99 Å². The number of carbonyl (C=O) groups is 1. The van der Waals surface area contributed by atoms with Crippen molar-refractivity contribution in [3.8, 4) is 11.5 Å². The van der Waals surface area contributed by atoms with Gasteiger partial charge < -0.3 is 25.0 Å². The number of halogens is 1. The lowest BCUT2D eigenvalue weighted by atomic mass is 10.2. The van der Waals surface area contributed by atoms with E-state index in [1.165, 1.54) is 0 Å². The number of ether oxygens (including phenoxy) is 2. The standard InChI is InChI=1S/C22H28N4O3.HI/c1-4-23-22(25-17-9-12-19(28-2)20(14-17)29-3)24-15-16-7-10-18(11-8-16)26-13-5-6-21(26)27;/h7-12,14H,4-6,13,15H2,1-3H3,(H2,23,24,25);1H. The molecule has 1 fully saturated rings. The molecular weight excluding hydrogens is 495 g/mol. The van der Waals surface area contributed by atoms with Gasteiger partial charge >= 0.3 is 0 Å². The number of carbonyl (C=O) groups excluding carboxylic acids is 1. The molecule has 7 nitrogen and oxygen atoms in total. The molecule has 1 heterocycles. The zero-order chi connectivity index (χ0) is 20.6. The Bertz CT molecular complexity index is 871. The fraction of sp³-hybridized carbons (Fsp3) is 0.364. The van der Waals surface area contributed by atoms with Crippen LogP contribution in [-0.4, -0.2) is 39.2 Å². The Morgan fingerprint density at radius 1 is 1.10 bits per heavy atom. The highest BCUT2D eigenvalue weighted by Crippen LogP contribution is 2.29. The van der Waals surface area contributed by atoms with Gasteiger partial charge in [-0.15, -0.1) is 24.0 Å². The van der Waals surface area contributed by atoms with Crippen LogP contribution in [0.25, 0.3) is 0 Å². The molecule has 0 aliphatic carbocycles. The smallest absolute Gasteiger partial charge is 0.227 e. The quantitative estimate of drug-likeness (QED) is 0.325. The molecule has 0 saturated carbocycles.